The Morgan fingerprint density at radius 2 is 2.13 bits per heavy atom. The minimum atomic E-state index is 0.416. The third kappa shape index (κ3) is 1.28. The maximum atomic E-state index is 8.66. The van der Waals surface area contributed by atoms with Gasteiger partial charge in [-0.05, 0) is 24.0 Å². The minimum Gasteiger partial charge on any atom is -0.356 e. The number of fused-ring (bicyclic) bond motifs is 1. The number of hydrogen-bond acceptors (Lipinski definition) is 4. The van der Waals surface area contributed by atoms with Gasteiger partial charge in [-0.25, -0.2) is 4.98 Å². The number of hydrogen-bond donors (Lipinski definition) is 1. The Kier molecular flexibility index (Phi) is 1.70. The number of anilines is 1. The van der Waals surface area contributed by atoms with Gasteiger partial charge in [0.25, 0.3) is 0 Å². The van der Waals surface area contributed by atoms with Gasteiger partial charge in [0.1, 0.15) is 11.9 Å². The molecule has 0 bridgehead atoms. The first-order valence-corrected chi connectivity index (χ1v) is 5.16. The van der Waals surface area contributed by atoms with Crippen LogP contribution in [-0.4, -0.2) is 24.1 Å². The average molecular weight is 200 g/mol. The molecule has 1 aromatic heterocycles. The van der Waals surface area contributed by atoms with Gasteiger partial charge in [-0.2, -0.15) is 5.26 Å². The van der Waals surface area contributed by atoms with Crippen molar-refractivity contribution in [2.24, 2.45) is 17.6 Å². The molecule has 1 saturated heterocycles. The average Bonchev–Trinajstić information content (AvgIpc) is 2.74. The van der Waals surface area contributed by atoms with Crippen molar-refractivity contribution >= 4 is 5.82 Å². The lowest BCUT2D eigenvalue weighted by Gasteiger charge is -2.19. The molecule has 3 atom stereocenters. The molecule has 1 aliphatic heterocycles. The molecule has 0 amide bonds. The molecule has 4 nitrogen and oxygen atoms in total. The summed E-state index contributed by atoms with van der Waals surface area (Å²) in [6.45, 7) is 2.04. The predicted octanol–water partition coefficient (Wildman–Crippen LogP) is 0.347. The van der Waals surface area contributed by atoms with Crippen molar-refractivity contribution < 1.29 is 0 Å². The highest BCUT2D eigenvalue weighted by Gasteiger charge is 2.53. The van der Waals surface area contributed by atoms with Crippen LogP contribution in [0.25, 0.3) is 0 Å². The fourth-order valence-electron chi connectivity index (χ4n) is 2.40. The summed E-state index contributed by atoms with van der Waals surface area (Å²) in [5.41, 5.74) is 6.48. The fraction of sp³-hybridized carbons (Fsp3) is 0.455. The van der Waals surface area contributed by atoms with Crippen LogP contribution >= 0.6 is 0 Å². The first kappa shape index (κ1) is 8.69. The summed E-state index contributed by atoms with van der Waals surface area (Å²) in [4.78, 5) is 6.52. The van der Waals surface area contributed by atoms with Gasteiger partial charge in [0.05, 0.1) is 5.56 Å². The third-order valence-corrected chi connectivity index (χ3v) is 3.46. The number of nitrogens with two attached hydrogens (primary N) is 1. The molecule has 0 aromatic carbocycles. The number of nitrogens with zero attached hydrogens (tertiary/aromatic N) is 3. The summed E-state index contributed by atoms with van der Waals surface area (Å²) in [6.07, 6.45) is 1.62. The van der Waals surface area contributed by atoms with E-state index in [1.807, 2.05) is 12.1 Å². The Bertz CT molecular complexity index is 407. The number of aromatic nitrogens is 1. The van der Waals surface area contributed by atoms with Crippen LogP contribution < -0.4 is 10.6 Å². The Balaban J connectivity index is 1.75. The Hall–Kier alpha value is -1.60. The van der Waals surface area contributed by atoms with Gasteiger partial charge in [0.15, 0.2) is 0 Å². The van der Waals surface area contributed by atoms with E-state index in [1.54, 1.807) is 6.20 Å². The normalized spacial score (nSPS) is 32.3. The second-order valence-electron chi connectivity index (χ2n) is 4.33. The van der Waals surface area contributed by atoms with Crippen LogP contribution in [0.3, 0.4) is 0 Å². The molecular formula is C11H12N4. The molecule has 76 valence electrons. The van der Waals surface area contributed by atoms with Gasteiger partial charge >= 0.3 is 0 Å². The van der Waals surface area contributed by atoms with Crippen LogP contribution in [0.1, 0.15) is 5.56 Å². The zero-order chi connectivity index (χ0) is 10.4. The van der Waals surface area contributed by atoms with Crippen molar-refractivity contribution in [1.29, 1.82) is 5.26 Å². The van der Waals surface area contributed by atoms with E-state index in [0.717, 1.165) is 18.9 Å². The van der Waals surface area contributed by atoms with Crippen LogP contribution in [-0.2, 0) is 0 Å². The van der Waals surface area contributed by atoms with Crippen LogP contribution in [0.5, 0.6) is 0 Å². The maximum Gasteiger partial charge on any atom is 0.128 e. The number of rotatable bonds is 1. The summed E-state index contributed by atoms with van der Waals surface area (Å²) in [5, 5.41) is 8.66. The fourth-order valence-corrected chi connectivity index (χ4v) is 2.40. The van der Waals surface area contributed by atoms with E-state index < -0.39 is 0 Å². The zero-order valence-corrected chi connectivity index (χ0v) is 8.30. The minimum absolute atomic E-state index is 0.416. The first-order valence-electron chi connectivity index (χ1n) is 5.16. The van der Waals surface area contributed by atoms with Crippen molar-refractivity contribution in [2.75, 3.05) is 18.0 Å². The molecule has 0 spiro atoms. The topological polar surface area (TPSA) is 65.9 Å². The van der Waals surface area contributed by atoms with Gasteiger partial charge < -0.3 is 10.6 Å². The van der Waals surface area contributed by atoms with E-state index in [1.165, 1.54) is 0 Å². The van der Waals surface area contributed by atoms with E-state index in [0.29, 0.717) is 23.4 Å². The van der Waals surface area contributed by atoms with Crippen molar-refractivity contribution in [1.82, 2.24) is 4.98 Å². The predicted molar refractivity (Wildman–Crippen MR) is 56.1 cm³/mol. The molecule has 2 fully saturated rings. The van der Waals surface area contributed by atoms with Gasteiger partial charge in [-0.1, -0.05) is 0 Å². The van der Waals surface area contributed by atoms with Gasteiger partial charge in [0, 0.05) is 25.3 Å². The van der Waals surface area contributed by atoms with Crippen LogP contribution in [0.4, 0.5) is 5.82 Å². The summed E-state index contributed by atoms with van der Waals surface area (Å²) < 4.78 is 0. The van der Waals surface area contributed by atoms with E-state index in [-0.39, 0.29) is 0 Å². The molecular weight excluding hydrogens is 188 g/mol. The van der Waals surface area contributed by atoms with Crippen molar-refractivity contribution in [3.63, 3.8) is 0 Å². The standard InChI is InChI=1S/C11H12N4/c12-3-7-1-2-10(14-4-7)15-5-8-9(6-15)11(8)13/h1-2,4,8-9,11H,5-6,13H2/t8-,9+,11?. The van der Waals surface area contributed by atoms with E-state index >= 15 is 0 Å². The summed E-state index contributed by atoms with van der Waals surface area (Å²) in [6, 6.07) is 6.21. The maximum absolute atomic E-state index is 8.66. The van der Waals surface area contributed by atoms with Crippen molar-refractivity contribution in [3.05, 3.63) is 23.9 Å². The Morgan fingerprint density at radius 1 is 1.40 bits per heavy atom. The SMILES string of the molecule is N#Cc1ccc(N2C[C@@H]3C(N)[C@@H]3C2)nc1. The van der Waals surface area contributed by atoms with Crippen molar-refractivity contribution in [2.45, 2.75) is 6.04 Å². The smallest absolute Gasteiger partial charge is 0.128 e. The van der Waals surface area contributed by atoms with Crippen molar-refractivity contribution in [3.8, 4) is 6.07 Å². The Labute approximate surface area is 88.3 Å². The van der Waals surface area contributed by atoms with E-state index in [4.69, 9.17) is 11.0 Å². The lowest BCUT2D eigenvalue weighted by molar-refractivity contribution is 0.735. The molecule has 3 rings (SSSR count). The zero-order valence-electron chi connectivity index (χ0n) is 8.30. The highest BCUT2D eigenvalue weighted by atomic mass is 15.2. The van der Waals surface area contributed by atoms with Crippen LogP contribution in [0.15, 0.2) is 18.3 Å². The molecule has 1 saturated carbocycles. The van der Waals surface area contributed by atoms with Gasteiger partial charge in [-0.3, -0.25) is 0 Å². The second kappa shape index (κ2) is 2.94. The highest BCUT2D eigenvalue weighted by molar-refractivity contribution is 5.45. The lowest BCUT2D eigenvalue weighted by Crippen LogP contribution is -2.28. The summed E-state index contributed by atoms with van der Waals surface area (Å²) >= 11 is 0. The van der Waals surface area contributed by atoms with Gasteiger partial charge in [-0.15, -0.1) is 0 Å². The molecule has 1 aromatic rings. The summed E-state index contributed by atoms with van der Waals surface area (Å²) in [5.74, 6) is 2.30. The largest absolute Gasteiger partial charge is 0.356 e. The molecule has 4 heteroatoms. The Morgan fingerprint density at radius 3 is 2.67 bits per heavy atom. The third-order valence-electron chi connectivity index (χ3n) is 3.46. The monoisotopic (exact) mass is 200 g/mol. The molecule has 2 heterocycles. The quantitative estimate of drug-likeness (QED) is 0.710. The molecule has 0 radical (unpaired) electrons. The van der Waals surface area contributed by atoms with E-state index in [9.17, 15) is 0 Å². The van der Waals surface area contributed by atoms with Crippen LogP contribution in [0, 0.1) is 23.2 Å². The molecule has 2 N–H and O–H groups in total. The first-order chi connectivity index (χ1) is 7.29. The van der Waals surface area contributed by atoms with Gasteiger partial charge in [0.2, 0.25) is 0 Å². The van der Waals surface area contributed by atoms with E-state index in [2.05, 4.69) is 16.0 Å². The van der Waals surface area contributed by atoms with Crippen LogP contribution in [0.2, 0.25) is 0 Å². The molecule has 2 aliphatic rings. The number of piperidine rings is 1. The number of nitriles is 1. The number of pyridine rings is 1. The molecule has 1 aliphatic carbocycles. The molecule has 1 unspecified atom stereocenters. The summed E-state index contributed by atoms with van der Waals surface area (Å²) in [7, 11) is 0. The molecule has 15 heavy (non-hydrogen) atoms. The second-order valence-corrected chi connectivity index (χ2v) is 4.33. The highest BCUT2D eigenvalue weighted by Crippen LogP contribution is 2.44. The lowest BCUT2D eigenvalue weighted by atomic mass is 10.3.